The standard InChI is InChI=1S/C10H7BrF2N2O2/c1-17-8(16)3-5-2-7(11)6(4-14)9(15-5)10(12)13/h2,10H,3H2,1H3. The van der Waals surface area contributed by atoms with Gasteiger partial charge in [-0.3, -0.25) is 4.79 Å². The Hall–Kier alpha value is -1.55. The molecule has 0 aromatic carbocycles. The number of hydrogen-bond acceptors (Lipinski definition) is 4. The van der Waals surface area contributed by atoms with Crippen molar-refractivity contribution in [3.05, 3.63) is 27.5 Å². The number of rotatable bonds is 3. The molecule has 0 fully saturated rings. The Bertz CT molecular complexity index is 486. The first-order valence-corrected chi connectivity index (χ1v) is 5.23. The summed E-state index contributed by atoms with van der Waals surface area (Å²) in [6.45, 7) is 0. The summed E-state index contributed by atoms with van der Waals surface area (Å²) >= 11 is 2.99. The molecule has 1 rings (SSSR count). The molecule has 1 heterocycles. The quantitative estimate of drug-likeness (QED) is 0.804. The molecule has 1 aromatic heterocycles. The second-order valence-electron chi connectivity index (χ2n) is 3.02. The van der Waals surface area contributed by atoms with Gasteiger partial charge in [0.2, 0.25) is 0 Å². The summed E-state index contributed by atoms with van der Waals surface area (Å²) < 4.78 is 29.9. The van der Waals surface area contributed by atoms with Gasteiger partial charge in [0.15, 0.2) is 0 Å². The molecule has 0 saturated heterocycles. The molecular formula is C10H7BrF2N2O2. The predicted molar refractivity (Wildman–Crippen MR) is 57.3 cm³/mol. The Labute approximate surface area is 104 Å². The van der Waals surface area contributed by atoms with E-state index in [-0.39, 0.29) is 22.2 Å². The molecule has 0 bridgehead atoms. The molecule has 0 N–H and O–H groups in total. The van der Waals surface area contributed by atoms with E-state index in [1.807, 2.05) is 0 Å². The van der Waals surface area contributed by atoms with E-state index in [0.717, 1.165) is 0 Å². The molecule has 0 unspecified atom stereocenters. The van der Waals surface area contributed by atoms with Crippen molar-refractivity contribution in [2.75, 3.05) is 7.11 Å². The summed E-state index contributed by atoms with van der Waals surface area (Å²) in [5.74, 6) is -0.589. The Morgan fingerprint density at radius 1 is 1.71 bits per heavy atom. The fourth-order valence-electron chi connectivity index (χ4n) is 1.16. The number of halogens is 3. The predicted octanol–water partition coefficient (Wildman–Crippen LogP) is 2.37. The number of nitrogens with zero attached hydrogens (tertiary/aromatic N) is 2. The molecule has 0 radical (unpaired) electrons. The molecule has 0 amide bonds. The largest absolute Gasteiger partial charge is 0.469 e. The number of alkyl halides is 2. The second-order valence-corrected chi connectivity index (χ2v) is 3.88. The molecule has 0 spiro atoms. The maximum atomic E-state index is 12.6. The number of hydrogen-bond donors (Lipinski definition) is 0. The molecule has 17 heavy (non-hydrogen) atoms. The van der Waals surface area contributed by atoms with Gasteiger partial charge in [-0.1, -0.05) is 0 Å². The van der Waals surface area contributed by atoms with Crippen LogP contribution in [0.4, 0.5) is 8.78 Å². The van der Waals surface area contributed by atoms with Gasteiger partial charge in [-0.25, -0.2) is 13.8 Å². The minimum Gasteiger partial charge on any atom is -0.469 e. The lowest BCUT2D eigenvalue weighted by atomic mass is 10.1. The summed E-state index contributed by atoms with van der Waals surface area (Å²) in [5.41, 5.74) is -0.743. The number of esters is 1. The van der Waals surface area contributed by atoms with Crippen molar-refractivity contribution in [1.82, 2.24) is 4.98 Å². The van der Waals surface area contributed by atoms with Crippen molar-refractivity contribution in [1.29, 1.82) is 5.26 Å². The Morgan fingerprint density at radius 2 is 2.35 bits per heavy atom. The van der Waals surface area contributed by atoms with E-state index in [2.05, 4.69) is 25.7 Å². The van der Waals surface area contributed by atoms with E-state index in [1.54, 1.807) is 6.07 Å². The maximum Gasteiger partial charge on any atom is 0.311 e. The molecule has 0 aliphatic heterocycles. The molecule has 1 aromatic rings. The Balaban J connectivity index is 3.21. The highest BCUT2D eigenvalue weighted by Gasteiger charge is 2.19. The topological polar surface area (TPSA) is 63.0 Å². The maximum absolute atomic E-state index is 12.6. The fourth-order valence-corrected chi connectivity index (χ4v) is 1.72. The highest BCUT2D eigenvalue weighted by molar-refractivity contribution is 9.10. The zero-order valence-corrected chi connectivity index (χ0v) is 10.3. The molecule has 0 saturated carbocycles. The van der Waals surface area contributed by atoms with Crippen molar-refractivity contribution in [2.45, 2.75) is 12.8 Å². The van der Waals surface area contributed by atoms with Gasteiger partial charge < -0.3 is 4.74 Å². The van der Waals surface area contributed by atoms with Crippen LogP contribution in [-0.4, -0.2) is 18.1 Å². The van der Waals surface area contributed by atoms with Gasteiger partial charge in [0.25, 0.3) is 6.43 Å². The van der Waals surface area contributed by atoms with Crippen molar-refractivity contribution in [3.63, 3.8) is 0 Å². The van der Waals surface area contributed by atoms with Crippen LogP contribution in [0, 0.1) is 11.3 Å². The van der Waals surface area contributed by atoms with Gasteiger partial charge in [0.1, 0.15) is 11.8 Å². The van der Waals surface area contributed by atoms with Gasteiger partial charge in [-0.15, -0.1) is 0 Å². The van der Waals surface area contributed by atoms with Crippen LogP contribution in [0.3, 0.4) is 0 Å². The van der Waals surface area contributed by atoms with Crippen LogP contribution in [-0.2, 0) is 16.0 Å². The van der Waals surface area contributed by atoms with Crippen molar-refractivity contribution < 1.29 is 18.3 Å². The lowest BCUT2D eigenvalue weighted by Gasteiger charge is -2.07. The highest BCUT2D eigenvalue weighted by atomic mass is 79.9. The number of pyridine rings is 1. The zero-order chi connectivity index (χ0) is 13.0. The lowest BCUT2D eigenvalue weighted by molar-refractivity contribution is -0.139. The fraction of sp³-hybridized carbons (Fsp3) is 0.300. The first kappa shape index (κ1) is 13.5. The van der Waals surface area contributed by atoms with E-state index in [0.29, 0.717) is 0 Å². The van der Waals surface area contributed by atoms with Gasteiger partial charge >= 0.3 is 5.97 Å². The first-order valence-electron chi connectivity index (χ1n) is 4.44. The summed E-state index contributed by atoms with van der Waals surface area (Å²) in [7, 11) is 1.19. The molecule has 4 nitrogen and oxygen atoms in total. The summed E-state index contributed by atoms with van der Waals surface area (Å²) in [5, 5.41) is 8.72. The summed E-state index contributed by atoms with van der Waals surface area (Å²) in [6, 6.07) is 2.98. The minimum atomic E-state index is -2.88. The molecule has 0 atom stereocenters. The van der Waals surface area contributed by atoms with E-state index in [4.69, 9.17) is 5.26 Å². The van der Waals surface area contributed by atoms with Crippen molar-refractivity contribution in [2.24, 2.45) is 0 Å². The van der Waals surface area contributed by atoms with Gasteiger partial charge in [0, 0.05) is 4.47 Å². The van der Waals surface area contributed by atoms with Crippen LogP contribution in [0.5, 0.6) is 0 Å². The van der Waals surface area contributed by atoms with Gasteiger partial charge in [0.05, 0.1) is 24.8 Å². The smallest absolute Gasteiger partial charge is 0.311 e. The van der Waals surface area contributed by atoms with Crippen LogP contribution in [0.15, 0.2) is 10.5 Å². The molecule has 90 valence electrons. The highest BCUT2D eigenvalue weighted by Crippen LogP contribution is 2.27. The lowest BCUT2D eigenvalue weighted by Crippen LogP contribution is -2.08. The molecule has 0 aliphatic carbocycles. The van der Waals surface area contributed by atoms with Crippen LogP contribution >= 0.6 is 15.9 Å². The summed E-state index contributed by atoms with van der Waals surface area (Å²) in [6.07, 6.45) is -3.10. The number of carbonyl (C=O) groups excluding carboxylic acids is 1. The van der Waals surface area contributed by atoms with Crippen molar-refractivity contribution in [3.8, 4) is 6.07 Å². The number of nitriles is 1. The van der Waals surface area contributed by atoms with Crippen LogP contribution in [0.2, 0.25) is 0 Å². The Kier molecular flexibility index (Phi) is 4.52. The number of aromatic nitrogens is 1. The number of ether oxygens (including phenoxy) is 1. The van der Waals surface area contributed by atoms with Crippen LogP contribution < -0.4 is 0 Å². The van der Waals surface area contributed by atoms with Crippen molar-refractivity contribution >= 4 is 21.9 Å². The van der Waals surface area contributed by atoms with Gasteiger partial charge in [-0.05, 0) is 22.0 Å². The molecule has 0 aliphatic rings. The third-order valence-electron chi connectivity index (χ3n) is 1.92. The third-order valence-corrected chi connectivity index (χ3v) is 2.55. The second kappa shape index (κ2) is 5.68. The van der Waals surface area contributed by atoms with E-state index >= 15 is 0 Å². The van der Waals surface area contributed by atoms with E-state index in [9.17, 15) is 13.6 Å². The monoisotopic (exact) mass is 304 g/mol. The molecule has 7 heteroatoms. The van der Waals surface area contributed by atoms with Gasteiger partial charge in [-0.2, -0.15) is 5.26 Å². The zero-order valence-electron chi connectivity index (χ0n) is 8.71. The third kappa shape index (κ3) is 3.20. The molecular weight excluding hydrogens is 298 g/mol. The SMILES string of the molecule is COC(=O)Cc1cc(Br)c(C#N)c(C(F)F)n1. The average Bonchev–Trinajstić information content (AvgIpc) is 2.28. The first-order chi connectivity index (χ1) is 7.99. The normalized spacial score (nSPS) is 10.1. The summed E-state index contributed by atoms with van der Waals surface area (Å²) in [4.78, 5) is 14.6. The van der Waals surface area contributed by atoms with Crippen LogP contribution in [0.1, 0.15) is 23.4 Å². The van der Waals surface area contributed by atoms with Crippen LogP contribution in [0.25, 0.3) is 0 Å². The van der Waals surface area contributed by atoms with E-state index in [1.165, 1.54) is 13.2 Å². The number of carbonyl (C=O) groups is 1. The van der Waals surface area contributed by atoms with E-state index < -0.39 is 18.1 Å². The minimum absolute atomic E-state index is 0.123. The number of methoxy groups -OCH3 is 1. The average molecular weight is 305 g/mol. The Morgan fingerprint density at radius 3 is 2.82 bits per heavy atom.